The van der Waals surface area contributed by atoms with Crippen molar-refractivity contribution in [2.24, 2.45) is 10.4 Å². The van der Waals surface area contributed by atoms with Gasteiger partial charge >= 0.3 is 6.18 Å². The summed E-state index contributed by atoms with van der Waals surface area (Å²) in [5.41, 5.74) is 0.296. The predicted molar refractivity (Wildman–Crippen MR) is 98.0 cm³/mol. The molecule has 0 spiro atoms. The van der Waals surface area contributed by atoms with Gasteiger partial charge in [-0.15, -0.1) is 24.0 Å². The minimum atomic E-state index is -4.05. The number of unbranched alkanes of at least 4 members (excludes halogenated alkanes) is 1. The summed E-state index contributed by atoms with van der Waals surface area (Å²) in [6, 6.07) is 0.283. The van der Waals surface area contributed by atoms with Crippen molar-refractivity contribution in [2.45, 2.75) is 72.0 Å². The van der Waals surface area contributed by atoms with Gasteiger partial charge in [-0.2, -0.15) is 13.2 Å². The molecule has 0 heterocycles. The standard InChI is InChI=1S/C15H30F3N3.HI/c1-12(8-10-14(2,3)4)21-13(19-5)20-11-7-6-9-15(16,17)18;/h12H,6-11H2,1-5H3,(H2,19,20,21);1H. The number of aliphatic imine (C=N–C) groups is 1. The number of nitrogens with one attached hydrogen (secondary N) is 2. The number of hydrogen-bond donors (Lipinski definition) is 2. The second-order valence-corrected chi connectivity index (χ2v) is 6.72. The van der Waals surface area contributed by atoms with E-state index in [0.717, 1.165) is 12.8 Å². The lowest BCUT2D eigenvalue weighted by atomic mass is 9.89. The van der Waals surface area contributed by atoms with Gasteiger partial charge in [0.05, 0.1) is 0 Å². The van der Waals surface area contributed by atoms with Crippen LogP contribution in [-0.4, -0.2) is 31.8 Å². The number of nitrogens with zero attached hydrogens (tertiary/aromatic N) is 1. The highest BCUT2D eigenvalue weighted by Crippen LogP contribution is 2.22. The Morgan fingerprint density at radius 2 is 1.68 bits per heavy atom. The Kier molecular flexibility index (Phi) is 12.4. The second-order valence-electron chi connectivity index (χ2n) is 6.72. The van der Waals surface area contributed by atoms with Gasteiger partial charge in [-0.3, -0.25) is 4.99 Å². The van der Waals surface area contributed by atoms with Crippen molar-refractivity contribution in [2.75, 3.05) is 13.6 Å². The number of alkyl halides is 3. The van der Waals surface area contributed by atoms with Crippen molar-refractivity contribution >= 4 is 29.9 Å². The third-order valence-electron chi connectivity index (χ3n) is 3.11. The lowest BCUT2D eigenvalue weighted by Crippen LogP contribution is -2.42. The van der Waals surface area contributed by atoms with E-state index in [4.69, 9.17) is 0 Å². The minimum Gasteiger partial charge on any atom is -0.356 e. The molecule has 0 aromatic heterocycles. The Balaban J connectivity index is 0. The first-order valence-corrected chi connectivity index (χ1v) is 7.57. The quantitative estimate of drug-likeness (QED) is 0.262. The van der Waals surface area contributed by atoms with Crippen molar-refractivity contribution in [3.8, 4) is 0 Å². The summed E-state index contributed by atoms with van der Waals surface area (Å²) in [7, 11) is 1.67. The molecular weight excluding hydrogens is 406 g/mol. The number of halogens is 4. The number of hydrogen-bond acceptors (Lipinski definition) is 1. The molecule has 0 rings (SSSR count). The van der Waals surface area contributed by atoms with Crippen LogP contribution in [0.5, 0.6) is 0 Å². The van der Waals surface area contributed by atoms with Gasteiger partial charge in [-0.05, 0) is 38.0 Å². The molecule has 0 aliphatic carbocycles. The molecule has 2 N–H and O–H groups in total. The van der Waals surface area contributed by atoms with E-state index in [1.807, 2.05) is 0 Å². The zero-order valence-corrected chi connectivity index (χ0v) is 16.6. The Labute approximate surface area is 149 Å². The van der Waals surface area contributed by atoms with E-state index in [1.165, 1.54) is 0 Å². The van der Waals surface area contributed by atoms with Crippen LogP contribution in [0.4, 0.5) is 13.2 Å². The summed E-state index contributed by atoms with van der Waals surface area (Å²) in [6.07, 6.45) is -2.02. The fraction of sp³-hybridized carbons (Fsp3) is 0.933. The number of rotatable bonds is 7. The molecule has 1 unspecified atom stereocenters. The zero-order chi connectivity index (χ0) is 16.5. The van der Waals surface area contributed by atoms with E-state index >= 15 is 0 Å². The zero-order valence-electron chi connectivity index (χ0n) is 14.3. The van der Waals surface area contributed by atoms with Gasteiger partial charge in [-0.25, -0.2) is 0 Å². The molecule has 0 aromatic rings. The van der Waals surface area contributed by atoms with E-state index in [-0.39, 0.29) is 36.4 Å². The lowest BCUT2D eigenvalue weighted by molar-refractivity contribution is -0.135. The number of guanidine groups is 1. The van der Waals surface area contributed by atoms with Gasteiger partial charge in [0.1, 0.15) is 0 Å². The van der Waals surface area contributed by atoms with Crippen LogP contribution >= 0.6 is 24.0 Å². The Hall–Kier alpha value is -0.210. The van der Waals surface area contributed by atoms with E-state index in [9.17, 15) is 13.2 Å². The van der Waals surface area contributed by atoms with Gasteiger partial charge in [0.15, 0.2) is 5.96 Å². The molecule has 0 bridgehead atoms. The highest BCUT2D eigenvalue weighted by atomic mass is 127. The van der Waals surface area contributed by atoms with Gasteiger partial charge in [0.2, 0.25) is 0 Å². The second kappa shape index (κ2) is 11.3. The average Bonchev–Trinajstić information content (AvgIpc) is 2.32. The summed E-state index contributed by atoms with van der Waals surface area (Å²) in [6.45, 7) is 9.19. The van der Waals surface area contributed by atoms with Crippen molar-refractivity contribution in [3.05, 3.63) is 0 Å². The summed E-state index contributed by atoms with van der Waals surface area (Å²) in [4.78, 5) is 4.09. The summed E-state index contributed by atoms with van der Waals surface area (Å²) < 4.78 is 36.0. The van der Waals surface area contributed by atoms with E-state index < -0.39 is 12.6 Å². The molecule has 134 valence electrons. The third-order valence-corrected chi connectivity index (χ3v) is 3.11. The van der Waals surface area contributed by atoms with Crippen LogP contribution in [-0.2, 0) is 0 Å². The summed E-state index contributed by atoms with van der Waals surface area (Å²) in [5, 5.41) is 6.32. The SMILES string of the molecule is CN=C(NCCCCC(F)(F)F)NC(C)CCC(C)(C)C.I. The van der Waals surface area contributed by atoms with Crippen molar-refractivity contribution < 1.29 is 13.2 Å². The molecule has 0 amide bonds. The van der Waals surface area contributed by atoms with Gasteiger partial charge < -0.3 is 10.6 Å². The summed E-state index contributed by atoms with van der Waals surface area (Å²) in [5.74, 6) is 0.656. The predicted octanol–water partition coefficient (Wildman–Crippen LogP) is 4.72. The Morgan fingerprint density at radius 1 is 1.09 bits per heavy atom. The molecule has 0 aromatic carbocycles. The maximum absolute atomic E-state index is 12.0. The largest absolute Gasteiger partial charge is 0.389 e. The normalized spacial score (nSPS) is 14.3. The van der Waals surface area contributed by atoms with Crippen LogP contribution in [0.2, 0.25) is 0 Å². The van der Waals surface area contributed by atoms with E-state index in [1.54, 1.807) is 7.05 Å². The Bertz CT molecular complexity index is 312. The van der Waals surface area contributed by atoms with Crippen molar-refractivity contribution in [1.82, 2.24) is 10.6 Å². The maximum Gasteiger partial charge on any atom is 0.389 e. The molecule has 7 heteroatoms. The first-order chi connectivity index (χ1) is 9.53. The van der Waals surface area contributed by atoms with Gasteiger partial charge in [0, 0.05) is 26.1 Å². The van der Waals surface area contributed by atoms with Crippen molar-refractivity contribution in [3.63, 3.8) is 0 Å². The molecule has 22 heavy (non-hydrogen) atoms. The van der Waals surface area contributed by atoms with Crippen LogP contribution in [0.25, 0.3) is 0 Å². The van der Waals surface area contributed by atoms with Crippen LogP contribution in [0.1, 0.15) is 59.8 Å². The Morgan fingerprint density at radius 3 is 2.14 bits per heavy atom. The maximum atomic E-state index is 12.0. The smallest absolute Gasteiger partial charge is 0.356 e. The van der Waals surface area contributed by atoms with Crippen LogP contribution in [0.15, 0.2) is 4.99 Å². The van der Waals surface area contributed by atoms with E-state index in [2.05, 4.69) is 43.3 Å². The fourth-order valence-corrected chi connectivity index (χ4v) is 1.81. The molecule has 0 saturated carbocycles. The first-order valence-electron chi connectivity index (χ1n) is 7.57. The van der Waals surface area contributed by atoms with E-state index in [0.29, 0.717) is 24.3 Å². The first kappa shape index (κ1) is 24.0. The van der Waals surface area contributed by atoms with Crippen LogP contribution < -0.4 is 10.6 Å². The fourth-order valence-electron chi connectivity index (χ4n) is 1.81. The monoisotopic (exact) mass is 437 g/mol. The molecule has 0 aliphatic heterocycles. The van der Waals surface area contributed by atoms with Gasteiger partial charge in [-0.1, -0.05) is 20.8 Å². The molecule has 0 aliphatic rings. The van der Waals surface area contributed by atoms with Crippen molar-refractivity contribution in [1.29, 1.82) is 0 Å². The molecule has 0 saturated heterocycles. The highest BCUT2D eigenvalue weighted by molar-refractivity contribution is 14.0. The highest BCUT2D eigenvalue weighted by Gasteiger charge is 2.25. The van der Waals surface area contributed by atoms with Crippen LogP contribution in [0.3, 0.4) is 0 Å². The molecular formula is C15H31F3IN3. The summed E-state index contributed by atoms with van der Waals surface area (Å²) >= 11 is 0. The van der Waals surface area contributed by atoms with Crippen LogP contribution in [0, 0.1) is 5.41 Å². The molecule has 0 fully saturated rings. The minimum absolute atomic E-state index is 0. The molecule has 3 nitrogen and oxygen atoms in total. The van der Waals surface area contributed by atoms with Gasteiger partial charge in [0.25, 0.3) is 0 Å². The molecule has 0 radical (unpaired) electrons. The lowest BCUT2D eigenvalue weighted by Gasteiger charge is -2.23. The average molecular weight is 437 g/mol. The molecule has 1 atom stereocenters. The topological polar surface area (TPSA) is 36.4 Å². The third kappa shape index (κ3) is 16.2.